The molecule has 0 heterocycles. The van der Waals surface area contributed by atoms with Crippen LogP contribution in [-0.4, -0.2) is 11.7 Å². The van der Waals surface area contributed by atoms with E-state index in [9.17, 15) is 4.39 Å². The number of halogens is 3. The number of rotatable bonds is 3. The van der Waals surface area contributed by atoms with Gasteiger partial charge in [-0.15, -0.1) is 11.8 Å². The van der Waals surface area contributed by atoms with Crippen LogP contribution in [0.25, 0.3) is 0 Å². The van der Waals surface area contributed by atoms with Gasteiger partial charge in [0.2, 0.25) is 0 Å². The average molecular weight is 341 g/mol. The van der Waals surface area contributed by atoms with Crippen LogP contribution in [0.15, 0.2) is 41.3 Å². The minimum Gasteiger partial charge on any atom is -0.384 e. The molecule has 0 amide bonds. The van der Waals surface area contributed by atoms with Gasteiger partial charge in [0.05, 0.1) is 10.0 Å². The molecule has 2 aromatic carbocycles. The van der Waals surface area contributed by atoms with Crippen molar-refractivity contribution in [1.82, 2.24) is 0 Å². The minimum atomic E-state index is -0.313. The number of aliphatic hydroxyl groups is 1. The lowest BCUT2D eigenvalue weighted by atomic mass is 10.1. The van der Waals surface area contributed by atoms with E-state index in [1.807, 2.05) is 6.07 Å². The number of benzene rings is 2. The molecule has 21 heavy (non-hydrogen) atoms. The lowest BCUT2D eigenvalue weighted by Crippen LogP contribution is -1.89. The van der Waals surface area contributed by atoms with E-state index in [0.29, 0.717) is 26.9 Å². The van der Waals surface area contributed by atoms with Crippen molar-refractivity contribution in [3.63, 3.8) is 0 Å². The highest BCUT2D eigenvalue weighted by Gasteiger charge is 2.05. The van der Waals surface area contributed by atoms with Crippen LogP contribution < -0.4 is 0 Å². The monoisotopic (exact) mass is 340 g/mol. The molecular weight excluding hydrogens is 330 g/mol. The average Bonchev–Trinajstić information content (AvgIpc) is 2.47. The van der Waals surface area contributed by atoms with Gasteiger partial charge in [-0.2, -0.15) is 0 Å². The third kappa shape index (κ3) is 4.66. The fraction of sp³-hybridized carbons (Fsp3) is 0.125. The molecule has 0 aromatic heterocycles. The zero-order valence-corrected chi connectivity index (χ0v) is 13.2. The Labute approximate surface area is 137 Å². The van der Waals surface area contributed by atoms with Gasteiger partial charge < -0.3 is 5.11 Å². The maximum atomic E-state index is 13.9. The molecule has 0 aliphatic carbocycles. The third-order valence-corrected chi connectivity index (χ3v) is 4.43. The summed E-state index contributed by atoms with van der Waals surface area (Å²) >= 11 is 13.3. The van der Waals surface area contributed by atoms with Gasteiger partial charge in [-0.25, -0.2) is 4.39 Å². The highest BCUT2D eigenvalue weighted by atomic mass is 35.5. The van der Waals surface area contributed by atoms with Crippen LogP contribution in [0, 0.1) is 17.7 Å². The maximum Gasteiger partial charge on any atom is 0.128 e. The topological polar surface area (TPSA) is 20.2 Å². The normalized spacial score (nSPS) is 10.1. The molecule has 0 unspecified atom stereocenters. The van der Waals surface area contributed by atoms with Gasteiger partial charge in [0.25, 0.3) is 0 Å². The summed E-state index contributed by atoms with van der Waals surface area (Å²) in [6, 6.07) is 10.1. The molecule has 2 aromatic rings. The summed E-state index contributed by atoms with van der Waals surface area (Å²) in [5.74, 6) is 5.33. The van der Waals surface area contributed by atoms with Crippen molar-refractivity contribution in [2.45, 2.75) is 10.6 Å². The Hall–Kier alpha value is -1.18. The van der Waals surface area contributed by atoms with Crippen LogP contribution in [0.5, 0.6) is 0 Å². The molecule has 0 radical (unpaired) electrons. The third-order valence-electron chi connectivity index (χ3n) is 2.65. The van der Waals surface area contributed by atoms with E-state index in [2.05, 4.69) is 11.8 Å². The van der Waals surface area contributed by atoms with Crippen molar-refractivity contribution < 1.29 is 9.50 Å². The predicted molar refractivity (Wildman–Crippen MR) is 86.4 cm³/mol. The molecule has 5 heteroatoms. The first kappa shape index (κ1) is 16.2. The van der Waals surface area contributed by atoms with Gasteiger partial charge in [-0.1, -0.05) is 41.1 Å². The Morgan fingerprint density at radius 1 is 1.10 bits per heavy atom. The second-order valence-corrected chi connectivity index (χ2v) is 5.99. The fourth-order valence-corrected chi connectivity index (χ4v) is 2.90. The van der Waals surface area contributed by atoms with Crippen molar-refractivity contribution >= 4 is 35.0 Å². The van der Waals surface area contributed by atoms with Crippen molar-refractivity contribution in [2.24, 2.45) is 0 Å². The smallest absolute Gasteiger partial charge is 0.128 e. The van der Waals surface area contributed by atoms with E-state index >= 15 is 0 Å². The Morgan fingerprint density at radius 2 is 1.90 bits per heavy atom. The molecule has 2 rings (SSSR count). The van der Waals surface area contributed by atoms with Crippen LogP contribution in [0.3, 0.4) is 0 Å². The summed E-state index contributed by atoms with van der Waals surface area (Å²) < 4.78 is 13.9. The van der Waals surface area contributed by atoms with E-state index in [0.717, 1.165) is 4.90 Å². The summed E-state index contributed by atoms with van der Waals surface area (Å²) in [5, 5.41) is 9.59. The van der Waals surface area contributed by atoms with Crippen molar-refractivity contribution in [3.8, 4) is 11.8 Å². The van der Waals surface area contributed by atoms with Crippen molar-refractivity contribution in [3.05, 3.63) is 63.4 Å². The summed E-state index contributed by atoms with van der Waals surface area (Å²) in [4.78, 5) is 0.924. The highest BCUT2D eigenvalue weighted by Crippen LogP contribution is 2.30. The first-order valence-corrected chi connectivity index (χ1v) is 7.80. The van der Waals surface area contributed by atoms with E-state index < -0.39 is 0 Å². The van der Waals surface area contributed by atoms with Crippen LogP contribution in [-0.2, 0) is 5.75 Å². The molecule has 0 bridgehead atoms. The zero-order valence-electron chi connectivity index (χ0n) is 10.9. The van der Waals surface area contributed by atoms with Gasteiger partial charge in [0.1, 0.15) is 12.4 Å². The minimum absolute atomic E-state index is 0.240. The molecular formula is C16H11Cl2FOS. The molecule has 0 spiro atoms. The van der Waals surface area contributed by atoms with Gasteiger partial charge in [0, 0.05) is 16.2 Å². The molecule has 1 N–H and O–H groups in total. The molecule has 0 aliphatic rings. The SMILES string of the molecule is OCC#Cc1ccc(CSc2ccc(Cl)c(Cl)c2)c(F)c1. The molecule has 0 atom stereocenters. The molecule has 108 valence electrons. The number of hydrogen-bond donors (Lipinski definition) is 1. The van der Waals surface area contributed by atoms with Crippen molar-refractivity contribution in [2.75, 3.05) is 6.61 Å². The maximum absolute atomic E-state index is 13.9. The highest BCUT2D eigenvalue weighted by molar-refractivity contribution is 7.98. The fourth-order valence-electron chi connectivity index (χ4n) is 1.61. The van der Waals surface area contributed by atoms with Gasteiger partial charge in [0.15, 0.2) is 0 Å². The molecule has 0 saturated heterocycles. The molecule has 0 fully saturated rings. The van der Waals surface area contributed by atoms with Crippen LogP contribution in [0.1, 0.15) is 11.1 Å². The number of hydrogen-bond acceptors (Lipinski definition) is 2. The van der Waals surface area contributed by atoms with Crippen LogP contribution in [0.2, 0.25) is 10.0 Å². The Balaban J connectivity index is 2.07. The van der Waals surface area contributed by atoms with Gasteiger partial charge in [-0.05, 0) is 35.9 Å². The van der Waals surface area contributed by atoms with E-state index in [1.54, 1.807) is 24.3 Å². The Kier molecular flexibility index (Phi) is 5.96. The summed E-state index contributed by atoms with van der Waals surface area (Å²) in [7, 11) is 0. The largest absolute Gasteiger partial charge is 0.384 e. The second kappa shape index (κ2) is 7.72. The summed E-state index contributed by atoms with van der Waals surface area (Å²) in [6.45, 7) is -0.240. The number of aliphatic hydroxyl groups excluding tert-OH is 1. The first-order valence-electron chi connectivity index (χ1n) is 6.06. The Morgan fingerprint density at radius 3 is 2.57 bits per heavy atom. The quantitative estimate of drug-likeness (QED) is 0.641. The predicted octanol–water partition coefficient (Wildman–Crippen LogP) is 4.77. The number of thioether (sulfide) groups is 1. The second-order valence-electron chi connectivity index (χ2n) is 4.13. The van der Waals surface area contributed by atoms with E-state index in [1.165, 1.54) is 17.8 Å². The first-order chi connectivity index (χ1) is 10.1. The molecule has 0 saturated carbocycles. The zero-order chi connectivity index (χ0) is 15.2. The van der Waals surface area contributed by atoms with E-state index in [-0.39, 0.29) is 12.4 Å². The standard InChI is InChI=1S/C16H11Cl2FOS/c17-14-6-5-13(9-15(14)18)21-10-12-4-3-11(2-1-7-20)8-16(12)19/h3-6,8-9,20H,7,10H2. The van der Waals surface area contributed by atoms with Crippen LogP contribution in [0.4, 0.5) is 4.39 Å². The van der Waals surface area contributed by atoms with E-state index in [4.69, 9.17) is 28.3 Å². The molecule has 0 aliphatic heterocycles. The van der Waals surface area contributed by atoms with Crippen molar-refractivity contribution in [1.29, 1.82) is 0 Å². The molecule has 1 nitrogen and oxygen atoms in total. The lowest BCUT2D eigenvalue weighted by Gasteiger charge is -2.05. The lowest BCUT2D eigenvalue weighted by molar-refractivity contribution is 0.350. The van der Waals surface area contributed by atoms with Gasteiger partial charge in [-0.3, -0.25) is 0 Å². The van der Waals surface area contributed by atoms with Crippen LogP contribution >= 0.6 is 35.0 Å². The van der Waals surface area contributed by atoms with Gasteiger partial charge >= 0.3 is 0 Å². The Bertz CT molecular complexity index is 707. The summed E-state index contributed by atoms with van der Waals surface area (Å²) in [5.41, 5.74) is 1.13. The summed E-state index contributed by atoms with van der Waals surface area (Å²) in [6.07, 6.45) is 0.